The van der Waals surface area contributed by atoms with E-state index >= 15 is 0 Å². The Morgan fingerprint density at radius 2 is 1.86 bits per heavy atom. The molecule has 0 radical (unpaired) electrons. The van der Waals surface area contributed by atoms with Crippen molar-refractivity contribution in [3.8, 4) is 11.5 Å². The maximum atomic E-state index is 6.35. The third kappa shape index (κ3) is 3.85. The van der Waals surface area contributed by atoms with Crippen molar-refractivity contribution in [1.29, 1.82) is 0 Å². The lowest BCUT2D eigenvalue weighted by molar-refractivity contribution is 0.122. The number of morpholine rings is 1. The SMILES string of the molecule is COc1ccc(COc2cc(N3CCOCC3)cc3ncnc(C4CC4)c23)cc1. The Morgan fingerprint density at radius 1 is 1.07 bits per heavy atom. The van der Waals surface area contributed by atoms with Crippen molar-refractivity contribution in [3.63, 3.8) is 0 Å². The van der Waals surface area contributed by atoms with Crippen LogP contribution in [-0.4, -0.2) is 43.4 Å². The fraction of sp³-hybridized carbons (Fsp3) is 0.391. The number of rotatable bonds is 6. The third-order valence-corrected chi connectivity index (χ3v) is 5.61. The van der Waals surface area contributed by atoms with Crippen LogP contribution in [0.4, 0.5) is 5.69 Å². The number of aromatic nitrogens is 2. The molecule has 1 aromatic heterocycles. The van der Waals surface area contributed by atoms with Crippen LogP contribution in [0.25, 0.3) is 10.9 Å². The molecule has 2 fully saturated rings. The van der Waals surface area contributed by atoms with Gasteiger partial charge in [-0.05, 0) is 36.6 Å². The van der Waals surface area contributed by atoms with Gasteiger partial charge >= 0.3 is 0 Å². The molecule has 2 aliphatic rings. The van der Waals surface area contributed by atoms with Gasteiger partial charge in [0.05, 0.1) is 36.9 Å². The highest BCUT2D eigenvalue weighted by Gasteiger charge is 2.29. The summed E-state index contributed by atoms with van der Waals surface area (Å²) in [6.07, 6.45) is 4.07. The lowest BCUT2D eigenvalue weighted by atomic mass is 10.1. The van der Waals surface area contributed by atoms with Crippen LogP contribution in [0.5, 0.6) is 11.5 Å². The number of nitrogens with zero attached hydrogens (tertiary/aromatic N) is 3. The van der Waals surface area contributed by atoms with E-state index in [0.29, 0.717) is 12.5 Å². The molecule has 1 aliphatic heterocycles. The zero-order chi connectivity index (χ0) is 19.6. The van der Waals surface area contributed by atoms with Gasteiger partial charge in [-0.3, -0.25) is 0 Å². The van der Waals surface area contributed by atoms with Crippen LogP contribution in [0.2, 0.25) is 0 Å². The molecule has 1 saturated heterocycles. The molecule has 1 aliphatic carbocycles. The van der Waals surface area contributed by atoms with Gasteiger partial charge in [0.2, 0.25) is 0 Å². The minimum absolute atomic E-state index is 0.491. The Balaban J connectivity index is 1.51. The van der Waals surface area contributed by atoms with Crippen LogP contribution in [0, 0.1) is 0 Å². The Hall–Kier alpha value is -2.86. The van der Waals surface area contributed by atoms with Crippen LogP contribution in [0.3, 0.4) is 0 Å². The van der Waals surface area contributed by atoms with Crippen LogP contribution >= 0.6 is 0 Å². The van der Waals surface area contributed by atoms with Gasteiger partial charge in [0.25, 0.3) is 0 Å². The molecule has 0 spiro atoms. The van der Waals surface area contributed by atoms with Crippen LogP contribution < -0.4 is 14.4 Å². The fourth-order valence-corrected chi connectivity index (χ4v) is 3.83. The molecular weight excluding hydrogens is 366 g/mol. The van der Waals surface area contributed by atoms with Crippen LogP contribution in [0.1, 0.15) is 30.0 Å². The number of benzene rings is 2. The van der Waals surface area contributed by atoms with Gasteiger partial charge in [0, 0.05) is 30.8 Å². The first-order chi connectivity index (χ1) is 14.3. The van der Waals surface area contributed by atoms with Crippen molar-refractivity contribution in [3.05, 3.63) is 54.0 Å². The first kappa shape index (κ1) is 18.2. The molecule has 150 valence electrons. The fourth-order valence-electron chi connectivity index (χ4n) is 3.83. The van der Waals surface area contributed by atoms with Crippen molar-refractivity contribution >= 4 is 16.6 Å². The Kier molecular flexibility index (Phi) is 4.94. The second-order valence-corrected chi connectivity index (χ2v) is 7.61. The van der Waals surface area contributed by atoms with E-state index in [2.05, 4.69) is 27.0 Å². The summed E-state index contributed by atoms with van der Waals surface area (Å²) >= 11 is 0. The van der Waals surface area contributed by atoms with Gasteiger partial charge in [0.15, 0.2) is 0 Å². The van der Waals surface area contributed by atoms with Crippen LogP contribution in [-0.2, 0) is 11.3 Å². The normalized spacial score (nSPS) is 16.8. The minimum atomic E-state index is 0.491. The highest BCUT2D eigenvalue weighted by molar-refractivity contribution is 5.91. The van der Waals surface area contributed by atoms with Crippen molar-refractivity contribution in [2.45, 2.75) is 25.4 Å². The average Bonchev–Trinajstić information content (AvgIpc) is 3.63. The van der Waals surface area contributed by atoms with Gasteiger partial charge in [0.1, 0.15) is 24.4 Å². The second-order valence-electron chi connectivity index (χ2n) is 7.61. The molecule has 29 heavy (non-hydrogen) atoms. The zero-order valence-electron chi connectivity index (χ0n) is 16.6. The van der Waals surface area contributed by atoms with Crippen molar-refractivity contribution < 1.29 is 14.2 Å². The quantitative estimate of drug-likeness (QED) is 0.635. The predicted molar refractivity (Wildman–Crippen MR) is 112 cm³/mol. The summed E-state index contributed by atoms with van der Waals surface area (Å²) < 4.78 is 17.1. The number of hydrogen-bond acceptors (Lipinski definition) is 6. The highest BCUT2D eigenvalue weighted by atomic mass is 16.5. The molecule has 6 heteroatoms. The third-order valence-electron chi connectivity index (χ3n) is 5.61. The van der Waals surface area contributed by atoms with Gasteiger partial charge < -0.3 is 19.1 Å². The molecule has 6 nitrogen and oxygen atoms in total. The molecule has 0 atom stereocenters. The largest absolute Gasteiger partial charge is 0.497 e. The number of ether oxygens (including phenoxy) is 3. The van der Waals surface area contributed by atoms with E-state index in [1.165, 1.54) is 12.8 Å². The number of hydrogen-bond donors (Lipinski definition) is 0. The van der Waals surface area contributed by atoms with Gasteiger partial charge in [-0.25, -0.2) is 9.97 Å². The first-order valence-electron chi connectivity index (χ1n) is 10.2. The summed E-state index contributed by atoms with van der Waals surface area (Å²) in [6.45, 7) is 3.74. The van der Waals surface area contributed by atoms with Crippen molar-refractivity contribution in [2.24, 2.45) is 0 Å². The summed E-state index contributed by atoms with van der Waals surface area (Å²) in [7, 11) is 1.67. The van der Waals surface area contributed by atoms with Crippen LogP contribution in [0.15, 0.2) is 42.7 Å². The maximum absolute atomic E-state index is 6.35. The molecule has 0 amide bonds. The molecule has 0 bridgehead atoms. The number of fused-ring (bicyclic) bond motifs is 1. The lowest BCUT2D eigenvalue weighted by Crippen LogP contribution is -2.36. The molecule has 1 saturated carbocycles. The second kappa shape index (κ2) is 7.87. The molecule has 2 aromatic carbocycles. The molecule has 0 unspecified atom stereocenters. The maximum Gasteiger partial charge on any atom is 0.133 e. The van der Waals surface area contributed by atoms with Crippen molar-refractivity contribution in [2.75, 3.05) is 38.3 Å². The monoisotopic (exact) mass is 391 g/mol. The number of anilines is 1. The zero-order valence-corrected chi connectivity index (χ0v) is 16.6. The van der Waals surface area contributed by atoms with E-state index in [9.17, 15) is 0 Å². The van der Waals surface area contributed by atoms with E-state index in [1.807, 2.05) is 24.3 Å². The predicted octanol–water partition coefficient (Wildman–Crippen LogP) is 3.93. The lowest BCUT2D eigenvalue weighted by Gasteiger charge is -2.29. The van der Waals surface area contributed by atoms with Gasteiger partial charge in [-0.2, -0.15) is 0 Å². The smallest absolute Gasteiger partial charge is 0.133 e. The van der Waals surface area contributed by atoms with Gasteiger partial charge in [-0.1, -0.05) is 12.1 Å². The average molecular weight is 391 g/mol. The summed E-state index contributed by atoms with van der Waals surface area (Å²) in [4.78, 5) is 11.5. The highest BCUT2D eigenvalue weighted by Crippen LogP contribution is 2.45. The van der Waals surface area contributed by atoms with Gasteiger partial charge in [-0.15, -0.1) is 0 Å². The van der Waals surface area contributed by atoms with E-state index < -0.39 is 0 Å². The first-order valence-corrected chi connectivity index (χ1v) is 10.2. The summed E-state index contributed by atoms with van der Waals surface area (Å²) in [6, 6.07) is 12.3. The molecule has 2 heterocycles. The summed E-state index contributed by atoms with van der Waals surface area (Å²) in [5, 5.41) is 1.06. The molecule has 0 N–H and O–H groups in total. The summed E-state index contributed by atoms with van der Waals surface area (Å²) in [5.74, 6) is 2.23. The number of methoxy groups -OCH3 is 1. The van der Waals surface area contributed by atoms with E-state index in [-0.39, 0.29) is 0 Å². The molecular formula is C23H25N3O3. The minimum Gasteiger partial charge on any atom is -0.497 e. The Labute approximate surface area is 170 Å². The van der Waals surface area contributed by atoms with Crippen molar-refractivity contribution in [1.82, 2.24) is 9.97 Å². The Morgan fingerprint density at radius 3 is 2.59 bits per heavy atom. The summed E-state index contributed by atoms with van der Waals surface area (Å²) in [5.41, 5.74) is 4.30. The standard InChI is InChI=1S/C23H25N3O3/c1-27-19-6-2-16(3-7-19)14-29-21-13-18(26-8-10-28-11-9-26)12-20-22(21)23(17-4-5-17)25-15-24-20/h2-3,6-7,12-13,15,17H,4-5,8-11,14H2,1H3. The van der Waals surface area contributed by atoms with E-state index in [0.717, 1.165) is 65.6 Å². The topological polar surface area (TPSA) is 56.7 Å². The molecule has 5 rings (SSSR count). The van der Waals surface area contributed by atoms with E-state index in [4.69, 9.17) is 14.2 Å². The molecule has 3 aromatic rings. The Bertz CT molecular complexity index is 996. The van der Waals surface area contributed by atoms with E-state index in [1.54, 1.807) is 13.4 Å².